The van der Waals surface area contributed by atoms with Crippen LogP contribution in [-0.2, 0) is 4.74 Å². The van der Waals surface area contributed by atoms with E-state index in [0.29, 0.717) is 6.04 Å². The Labute approximate surface area is 126 Å². The van der Waals surface area contributed by atoms with Gasteiger partial charge in [0.25, 0.3) is 0 Å². The average Bonchev–Trinajstić information content (AvgIpc) is 2.73. The normalized spacial score (nSPS) is 26.1. The molecule has 2 rings (SSSR count). The number of ether oxygens (including phenoxy) is 1. The maximum Gasteiger partial charge on any atom is 0.0834 e. The third-order valence-corrected chi connectivity index (χ3v) is 5.66. The molecule has 2 aliphatic rings. The molecule has 0 heterocycles. The van der Waals surface area contributed by atoms with Crippen LogP contribution in [0.3, 0.4) is 0 Å². The smallest absolute Gasteiger partial charge is 0.0834 e. The lowest BCUT2D eigenvalue weighted by Gasteiger charge is -2.42. The minimum absolute atomic E-state index is 0.122. The Balaban J connectivity index is 2.02. The molecule has 118 valence electrons. The topological polar surface area (TPSA) is 21.3 Å². The van der Waals surface area contributed by atoms with Crippen LogP contribution in [0.4, 0.5) is 0 Å². The van der Waals surface area contributed by atoms with Gasteiger partial charge in [-0.25, -0.2) is 0 Å². The number of nitrogens with one attached hydrogen (secondary N) is 1. The first-order valence-electron chi connectivity index (χ1n) is 9.12. The van der Waals surface area contributed by atoms with E-state index in [4.69, 9.17) is 4.74 Å². The number of rotatable bonds is 6. The predicted octanol–water partition coefficient (Wildman–Crippen LogP) is 4.67. The van der Waals surface area contributed by atoms with Crippen molar-refractivity contribution in [3.63, 3.8) is 0 Å². The molecule has 1 unspecified atom stereocenters. The molecule has 2 heteroatoms. The molecule has 2 saturated carbocycles. The summed E-state index contributed by atoms with van der Waals surface area (Å²) in [6, 6.07) is 0.559. The SMILES string of the molecule is CCOC1(C(CC2CCCCC2)NC)CCCCCC1. The van der Waals surface area contributed by atoms with E-state index in [2.05, 4.69) is 19.3 Å². The first-order chi connectivity index (χ1) is 9.80. The van der Waals surface area contributed by atoms with Crippen molar-refractivity contribution in [3.05, 3.63) is 0 Å². The van der Waals surface area contributed by atoms with Crippen molar-refractivity contribution in [3.8, 4) is 0 Å². The van der Waals surface area contributed by atoms with Crippen molar-refractivity contribution in [1.29, 1.82) is 0 Å². The van der Waals surface area contributed by atoms with Gasteiger partial charge in [-0.1, -0.05) is 57.8 Å². The van der Waals surface area contributed by atoms with E-state index in [1.165, 1.54) is 77.0 Å². The molecule has 20 heavy (non-hydrogen) atoms. The van der Waals surface area contributed by atoms with Gasteiger partial charge in [0.2, 0.25) is 0 Å². The third-order valence-electron chi connectivity index (χ3n) is 5.66. The molecule has 0 aromatic rings. The van der Waals surface area contributed by atoms with Crippen molar-refractivity contribution in [2.45, 2.75) is 95.6 Å². The fourth-order valence-electron chi connectivity index (χ4n) is 4.56. The molecular weight excluding hydrogens is 246 g/mol. The van der Waals surface area contributed by atoms with E-state index >= 15 is 0 Å². The Morgan fingerprint density at radius 3 is 2.15 bits per heavy atom. The fraction of sp³-hybridized carbons (Fsp3) is 1.00. The highest BCUT2D eigenvalue weighted by atomic mass is 16.5. The number of hydrogen-bond acceptors (Lipinski definition) is 2. The van der Waals surface area contributed by atoms with Crippen LogP contribution in [0.25, 0.3) is 0 Å². The van der Waals surface area contributed by atoms with Crippen LogP contribution in [0.5, 0.6) is 0 Å². The molecule has 0 spiro atoms. The number of hydrogen-bond donors (Lipinski definition) is 1. The summed E-state index contributed by atoms with van der Waals surface area (Å²) in [7, 11) is 2.15. The second kappa shape index (κ2) is 8.38. The molecule has 1 N–H and O–H groups in total. The highest BCUT2D eigenvalue weighted by Crippen LogP contribution is 2.38. The van der Waals surface area contributed by atoms with Gasteiger partial charge >= 0.3 is 0 Å². The Kier molecular flexibility index (Phi) is 6.83. The van der Waals surface area contributed by atoms with E-state index in [-0.39, 0.29) is 5.60 Å². The summed E-state index contributed by atoms with van der Waals surface area (Å²) in [6.07, 6.45) is 16.6. The van der Waals surface area contributed by atoms with Gasteiger partial charge in [-0.3, -0.25) is 0 Å². The van der Waals surface area contributed by atoms with Gasteiger partial charge in [-0.05, 0) is 39.2 Å². The monoisotopic (exact) mass is 281 g/mol. The molecule has 1 atom stereocenters. The van der Waals surface area contributed by atoms with Crippen LogP contribution < -0.4 is 5.32 Å². The molecule has 2 fully saturated rings. The van der Waals surface area contributed by atoms with Gasteiger partial charge in [0.1, 0.15) is 0 Å². The molecule has 0 radical (unpaired) electrons. The molecule has 0 amide bonds. The maximum absolute atomic E-state index is 6.38. The van der Waals surface area contributed by atoms with Crippen LogP contribution >= 0.6 is 0 Å². The highest BCUT2D eigenvalue weighted by Gasteiger charge is 2.40. The van der Waals surface area contributed by atoms with Crippen molar-refractivity contribution < 1.29 is 4.74 Å². The summed E-state index contributed by atoms with van der Waals surface area (Å²) in [6.45, 7) is 3.03. The van der Waals surface area contributed by atoms with Gasteiger partial charge in [0, 0.05) is 12.6 Å². The first-order valence-corrected chi connectivity index (χ1v) is 9.12. The maximum atomic E-state index is 6.38. The second-order valence-corrected chi connectivity index (χ2v) is 6.99. The number of likely N-dealkylation sites (N-methyl/N-ethyl adjacent to an activating group) is 1. The Morgan fingerprint density at radius 2 is 1.60 bits per heavy atom. The molecule has 0 bridgehead atoms. The van der Waals surface area contributed by atoms with Gasteiger partial charge in [-0.15, -0.1) is 0 Å². The summed E-state index contributed by atoms with van der Waals surface area (Å²) in [5.74, 6) is 0.932. The van der Waals surface area contributed by atoms with Gasteiger partial charge in [0.15, 0.2) is 0 Å². The minimum Gasteiger partial charge on any atom is -0.374 e. The third kappa shape index (κ3) is 4.21. The van der Waals surface area contributed by atoms with E-state index in [1.807, 2.05) is 0 Å². The summed E-state index contributed by atoms with van der Waals surface area (Å²) in [4.78, 5) is 0. The average molecular weight is 281 g/mol. The molecule has 0 aromatic carbocycles. The van der Waals surface area contributed by atoms with Crippen LogP contribution in [0.1, 0.15) is 84.0 Å². The predicted molar refractivity (Wildman–Crippen MR) is 86.1 cm³/mol. The van der Waals surface area contributed by atoms with Crippen molar-refractivity contribution in [2.75, 3.05) is 13.7 Å². The Bertz CT molecular complexity index is 252. The summed E-state index contributed by atoms with van der Waals surface area (Å²) < 4.78 is 6.38. The Hall–Kier alpha value is -0.0800. The summed E-state index contributed by atoms with van der Waals surface area (Å²) >= 11 is 0. The summed E-state index contributed by atoms with van der Waals surface area (Å²) in [5, 5.41) is 3.65. The van der Waals surface area contributed by atoms with Gasteiger partial charge in [0.05, 0.1) is 5.60 Å². The molecular formula is C18H35NO. The quantitative estimate of drug-likeness (QED) is 0.714. The molecule has 2 nitrogen and oxygen atoms in total. The summed E-state index contributed by atoms with van der Waals surface area (Å²) in [5.41, 5.74) is 0.122. The van der Waals surface area contributed by atoms with Crippen molar-refractivity contribution in [2.24, 2.45) is 5.92 Å². The highest BCUT2D eigenvalue weighted by molar-refractivity contribution is 4.95. The van der Waals surface area contributed by atoms with Gasteiger partial charge in [-0.2, -0.15) is 0 Å². The lowest BCUT2D eigenvalue weighted by Crippen LogP contribution is -2.52. The van der Waals surface area contributed by atoms with E-state index in [1.54, 1.807) is 0 Å². The zero-order chi connectivity index (χ0) is 14.3. The van der Waals surface area contributed by atoms with E-state index in [0.717, 1.165) is 12.5 Å². The van der Waals surface area contributed by atoms with Crippen LogP contribution in [0, 0.1) is 5.92 Å². The minimum atomic E-state index is 0.122. The molecule has 0 aromatic heterocycles. The molecule has 0 aliphatic heterocycles. The standard InChI is InChI=1S/C18H35NO/c1-3-20-18(13-9-4-5-10-14-18)17(19-2)15-16-11-7-6-8-12-16/h16-17,19H,3-15H2,1-2H3. The second-order valence-electron chi connectivity index (χ2n) is 6.99. The zero-order valence-electron chi connectivity index (χ0n) is 13.8. The van der Waals surface area contributed by atoms with Crippen LogP contribution in [0.2, 0.25) is 0 Å². The van der Waals surface area contributed by atoms with E-state index < -0.39 is 0 Å². The molecule has 2 aliphatic carbocycles. The van der Waals surface area contributed by atoms with E-state index in [9.17, 15) is 0 Å². The first kappa shape index (κ1) is 16.3. The van der Waals surface area contributed by atoms with Crippen LogP contribution in [0.15, 0.2) is 0 Å². The molecule has 0 saturated heterocycles. The lowest BCUT2D eigenvalue weighted by atomic mass is 9.77. The Morgan fingerprint density at radius 1 is 1.00 bits per heavy atom. The van der Waals surface area contributed by atoms with Crippen LogP contribution in [-0.4, -0.2) is 25.3 Å². The lowest BCUT2D eigenvalue weighted by molar-refractivity contribution is -0.0808. The zero-order valence-corrected chi connectivity index (χ0v) is 13.8. The van der Waals surface area contributed by atoms with Crippen molar-refractivity contribution >= 4 is 0 Å². The van der Waals surface area contributed by atoms with Gasteiger partial charge < -0.3 is 10.1 Å². The largest absolute Gasteiger partial charge is 0.374 e. The van der Waals surface area contributed by atoms with Crippen molar-refractivity contribution in [1.82, 2.24) is 5.32 Å². The fourth-order valence-corrected chi connectivity index (χ4v) is 4.56.